The van der Waals surface area contributed by atoms with Gasteiger partial charge in [0.25, 0.3) is 0 Å². The van der Waals surface area contributed by atoms with Gasteiger partial charge in [-0.2, -0.15) is 16.9 Å². The van der Waals surface area contributed by atoms with Gasteiger partial charge in [0.05, 0.1) is 18.4 Å². The molecule has 0 bridgehead atoms. The highest BCUT2D eigenvalue weighted by Crippen LogP contribution is 2.13. The molecule has 0 aliphatic carbocycles. The maximum Gasteiger partial charge on any atom is 0.131 e. The van der Waals surface area contributed by atoms with Crippen LogP contribution < -0.4 is 0 Å². The van der Waals surface area contributed by atoms with Gasteiger partial charge in [0.2, 0.25) is 0 Å². The van der Waals surface area contributed by atoms with Crippen molar-refractivity contribution < 1.29 is 0 Å². The lowest BCUT2D eigenvalue weighted by Crippen LogP contribution is -2.00. The summed E-state index contributed by atoms with van der Waals surface area (Å²) < 4.78 is 3.65. The van der Waals surface area contributed by atoms with E-state index in [0.717, 1.165) is 23.7 Å². The van der Waals surface area contributed by atoms with Crippen LogP contribution in [0, 0.1) is 0 Å². The molecule has 0 saturated heterocycles. The second-order valence-electron chi connectivity index (χ2n) is 3.20. The van der Waals surface area contributed by atoms with Gasteiger partial charge in [-0.15, -0.1) is 5.10 Å². The third kappa shape index (κ3) is 2.20. The van der Waals surface area contributed by atoms with E-state index in [9.17, 15) is 0 Å². The Hall–Kier alpha value is -1.30. The van der Waals surface area contributed by atoms with Crippen molar-refractivity contribution >= 4 is 11.8 Å². The molecule has 5 nitrogen and oxygen atoms in total. The molecule has 0 saturated carbocycles. The predicted molar refractivity (Wildman–Crippen MR) is 60.6 cm³/mol. The van der Waals surface area contributed by atoms with Crippen LogP contribution >= 0.6 is 11.8 Å². The number of hydrogen-bond acceptors (Lipinski definition) is 4. The van der Waals surface area contributed by atoms with Crippen LogP contribution in [0.1, 0.15) is 0 Å². The first-order chi connectivity index (χ1) is 7.31. The molecule has 0 aromatic carbocycles. The van der Waals surface area contributed by atoms with Crippen molar-refractivity contribution in [2.45, 2.75) is 6.54 Å². The molecule has 0 aliphatic heterocycles. The van der Waals surface area contributed by atoms with E-state index >= 15 is 0 Å². The average molecular weight is 223 g/mol. The second-order valence-corrected chi connectivity index (χ2v) is 4.19. The number of thioether (sulfide) groups is 1. The minimum absolute atomic E-state index is 0.871. The van der Waals surface area contributed by atoms with Crippen molar-refractivity contribution in [1.82, 2.24) is 24.8 Å². The number of nitrogens with zero attached hydrogens (tertiary/aromatic N) is 5. The van der Waals surface area contributed by atoms with Crippen molar-refractivity contribution in [1.29, 1.82) is 0 Å². The average Bonchev–Trinajstić information content (AvgIpc) is 2.83. The minimum atomic E-state index is 0.871. The van der Waals surface area contributed by atoms with Crippen LogP contribution in [-0.4, -0.2) is 36.8 Å². The molecular weight excluding hydrogens is 210 g/mol. The molecule has 2 heterocycles. The van der Waals surface area contributed by atoms with Gasteiger partial charge in [-0.1, -0.05) is 5.21 Å². The van der Waals surface area contributed by atoms with Crippen molar-refractivity contribution in [3.63, 3.8) is 0 Å². The SMILES string of the molecule is CSCCn1cc(-c2ccnn2C)nn1. The fourth-order valence-electron chi connectivity index (χ4n) is 1.34. The van der Waals surface area contributed by atoms with E-state index in [-0.39, 0.29) is 0 Å². The highest BCUT2D eigenvalue weighted by Gasteiger charge is 2.06. The van der Waals surface area contributed by atoms with Crippen molar-refractivity contribution in [2.75, 3.05) is 12.0 Å². The lowest BCUT2D eigenvalue weighted by atomic mass is 10.3. The quantitative estimate of drug-likeness (QED) is 0.777. The zero-order valence-corrected chi connectivity index (χ0v) is 9.61. The van der Waals surface area contributed by atoms with Crippen LogP contribution in [0.4, 0.5) is 0 Å². The van der Waals surface area contributed by atoms with E-state index < -0.39 is 0 Å². The topological polar surface area (TPSA) is 48.5 Å². The molecule has 2 rings (SSSR count). The highest BCUT2D eigenvalue weighted by atomic mass is 32.2. The monoisotopic (exact) mass is 223 g/mol. The molecule has 0 atom stereocenters. The molecule has 0 radical (unpaired) electrons. The van der Waals surface area contributed by atoms with Crippen LogP contribution in [0.25, 0.3) is 11.4 Å². The molecule has 0 aliphatic rings. The van der Waals surface area contributed by atoms with Gasteiger partial charge in [-0.25, -0.2) is 0 Å². The minimum Gasteiger partial charge on any atom is -0.266 e. The normalized spacial score (nSPS) is 10.8. The molecule has 80 valence electrons. The van der Waals surface area contributed by atoms with Gasteiger partial charge in [0, 0.05) is 19.0 Å². The third-order valence-corrected chi connectivity index (χ3v) is 2.74. The van der Waals surface area contributed by atoms with E-state index in [0.29, 0.717) is 0 Å². The first-order valence-electron chi connectivity index (χ1n) is 4.68. The van der Waals surface area contributed by atoms with E-state index in [1.807, 2.05) is 24.0 Å². The van der Waals surface area contributed by atoms with E-state index in [4.69, 9.17) is 0 Å². The van der Waals surface area contributed by atoms with Gasteiger partial charge in [0.15, 0.2) is 0 Å². The van der Waals surface area contributed by atoms with Crippen molar-refractivity contribution in [3.8, 4) is 11.4 Å². The summed E-state index contributed by atoms with van der Waals surface area (Å²) in [6.45, 7) is 0.895. The fraction of sp³-hybridized carbons (Fsp3) is 0.444. The molecule has 2 aromatic heterocycles. The molecule has 0 unspecified atom stereocenters. The maximum absolute atomic E-state index is 4.12. The third-order valence-electron chi connectivity index (χ3n) is 2.15. The van der Waals surface area contributed by atoms with E-state index in [1.54, 1.807) is 22.6 Å². The standard InChI is InChI=1S/C9H13N5S/c1-13-9(3-4-10-13)8-7-14(12-11-8)5-6-15-2/h3-4,7H,5-6H2,1-2H3. The molecule has 0 N–H and O–H groups in total. The number of aryl methyl sites for hydroxylation is 2. The van der Waals surface area contributed by atoms with Gasteiger partial charge in [-0.05, 0) is 12.3 Å². The first kappa shape index (κ1) is 10.2. The molecule has 2 aromatic rings. The van der Waals surface area contributed by atoms with Crippen molar-refractivity contribution in [3.05, 3.63) is 18.5 Å². The summed E-state index contributed by atoms with van der Waals surface area (Å²) in [7, 11) is 1.90. The Bertz CT molecular complexity index is 433. The Morgan fingerprint density at radius 1 is 1.47 bits per heavy atom. The van der Waals surface area contributed by atoms with Gasteiger partial charge >= 0.3 is 0 Å². The summed E-state index contributed by atoms with van der Waals surface area (Å²) in [5, 5.41) is 12.3. The van der Waals surface area contributed by atoms with Crippen molar-refractivity contribution in [2.24, 2.45) is 7.05 Å². The lowest BCUT2D eigenvalue weighted by molar-refractivity contribution is 0.632. The lowest BCUT2D eigenvalue weighted by Gasteiger charge is -1.96. The van der Waals surface area contributed by atoms with Gasteiger partial charge in [0.1, 0.15) is 5.69 Å². The Kier molecular flexibility index (Phi) is 3.05. The van der Waals surface area contributed by atoms with E-state index in [2.05, 4.69) is 21.7 Å². The second kappa shape index (κ2) is 4.48. The number of aromatic nitrogens is 5. The van der Waals surface area contributed by atoms with Crippen LogP contribution in [-0.2, 0) is 13.6 Å². The summed E-state index contributed by atoms with van der Waals surface area (Å²) in [6.07, 6.45) is 5.79. The van der Waals surface area contributed by atoms with E-state index in [1.165, 1.54) is 0 Å². The summed E-state index contributed by atoms with van der Waals surface area (Å²) in [5.41, 5.74) is 1.86. The van der Waals surface area contributed by atoms with Crippen LogP contribution in [0.15, 0.2) is 18.5 Å². The van der Waals surface area contributed by atoms with Gasteiger partial charge in [-0.3, -0.25) is 9.36 Å². The summed E-state index contributed by atoms with van der Waals surface area (Å²) >= 11 is 1.80. The smallest absolute Gasteiger partial charge is 0.131 e. The Balaban J connectivity index is 2.17. The summed E-state index contributed by atoms with van der Waals surface area (Å²) in [5.74, 6) is 1.05. The largest absolute Gasteiger partial charge is 0.266 e. The summed E-state index contributed by atoms with van der Waals surface area (Å²) in [4.78, 5) is 0. The Morgan fingerprint density at radius 2 is 2.33 bits per heavy atom. The maximum atomic E-state index is 4.12. The Morgan fingerprint density at radius 3 is 3.00 bits per heavy atom. The fourth-order valence-corrected chi connectivity index (χ4v) is 1.70. The van der Waals surface area contributed by atoms with Crippen LogP contribution in [0.2, 0.25) is 0 Å². The predicted octanol–water partition coefficient (Wildman–Crippen LogP) is 1.04. The number of hydrogen-bond donors (Lipinski definition) is 0. The Labute approximate surface area is 92.5 Å². The molecule has 0 fully saturated rings. The molecule has 0 amide bonds. The molecule has 6 heteroatoms. The summed E-state index contributed by atoms with van der Waals surface area (Å²) in [6, 6.07) is 1.93. The van der Waals surface area contributed by atoms with Gasteiger partial charge < -0.3 is 0 Å². The highest BCUT2D eigenvalue weighted by molar-refractivity contribution is 7.98. The zero-order chi connectivity index (χ0) is 10.7. The molecular formula is C9H13N5S. The molecule has 0 spiro atoms. The van der Waals surface area contributed by atoms with Crippen LogP contribution in [0.5, 0.6) is 0 Å². The zero-order valence-electron chi connectivity index (χ0n) is 8.79. The first-order valence-corrected chi connectivity index (χ1v) is 6.08. The van der Waals surface area contributed by atoms with Crippen LogP contribution in [0.3, 0.4) is 0 Å². The molecule has 15 heavy (non-hydrogen) atoms. The number of rotatable bonds is 4.